The molecular weight excluding hydrogens is 259 g/mol. The zero-order valence-electron chi connectivity index (χ0n) is 9.08. The van der Waals surface area contributed by atoms with E-state index in [4.69, 9.17) is 33.7 Å². The molecule has 0 saturated carbocycles. The van der Waals surface area contributed by atoms with Crippen molar-refractivity contribution in [3.05, 3.63) is 40.5 Å². The Hall–Kier alpha value is -1.45. The number of rotatable bonds is 2. The van der Waals surface area contributed by atoms with Gasteiger partial charge in [0.2, 0.25) is 5.88 Å². The highest BCUT2D eigenvalue weighted by Crippen LogP contribution is 2.36. The lowest BCUT2D eigenvalue weighted by molar-refractivity contribution is 0.398. The van der Waals surface area contributed by atoms with E-state index in [2.05, 4.69) is 4.98 Å². The van der Waals surface area contributed by atoms with Crippen molar-refractivity contribution in [1.29, 1.82) is 0 Å². The Labute approximate surface area is 109 Å². The predicted octanol–water partition coefficient (Wildman–Crippen LogP) is 3.65. The summed E-state index contributed by atoms with van der Waals surface area (Å²) in [5, 5.41) is 1.00. The number of pyridine rings is 1. The molecule has 1 heterocycles. The summed E-state index contributed by atoms with van der Waals surface area (Å²) >= 11 is 12.2. The van der Waals surface area contributed by atoms with Gasteiger partial charge in [0.05, 0.1) is 17.2 Å². The van der Waals surface area contributed by atoms with Crippen molar-refractivity contribution < 1.29 is 4.74 Å². The van der Waals surface area contributed by atoms with Crippen LogP contribution in [0.4, 0.5) is 5.69 Å². The summed E-state index contributed by atoms with van der Waals surface area (Å²) in [5.41, 5.74) is 7.72. The molecule has 0 saturated heterocycles. The Morgan fingerprint density at radius 3 is 2.29 bits per heavy atom. The van der Waals surface area contributed by atoms with E-state index in [-0.39, 0.29) is 0 Å². The van der Waals surface area contributed by atoms with Gasteiger partial charge in [0, 0.05) is 29.1 Å². The van der Waals surface area contributed by atoms with Gasteiger partial charge in [-0.05, 0) is 18.2 Å². The second kappa shape index (κ2) is 4.82. The minimum Gasteiger partial charge on any atom is -0.481 e. The maximum atomic E-state index is 6.12. The van der Waals surface area contributed by atoms with Crippen LogP contribution in [-0.2, 0) is 0 Å². The van der Waals surface area contributed by atoms with E-state index in [9.17, 15) is 0 Å². The first-order chi connectivity index (χ1) is 8.11. The number of nitrogens with zero attached hydrogens (tertiary/aromatic N) is 1. The van der Waals surface area contributed by atoms with Crippen LogP contribution in [0.15, 0.2) is 30.5 Å². The van der Waals surface area contributed by atoms with Crippen LogP contribution in [0.3, 0.4) is 0 Å². The van der Waals surface area contributed by atoms with E-state index in [0.29, 0.717) is 21.6 Å². The number of hydrogen-bond acceptors (Lipinski definition) is 3. The summed E-state index contributed by atoms with van der Waals surface area (Å²) in [6.45, 7) is 0. The SMILES string of the molecule is COc1ccc(-c2c(Cl)cc(N)cc2Cl)cn1. The first kappa shape index (κ1) is 12.0. The van der Waals surface area contributed by atoms with Gasteiger partial charge in [-0.25, -0.2) is 4.98 Å². The smallest absolute Gasteiger partial charge is 0.212 e. The normalized spacial score (nSPS) is 10.3. The molecule has 0 amide bonds. The van der Waals surface area contributed by atoms with Crippen LogP contribution >= 0.6 is 23.2 Å². The maximum Gasteiger partial charge on any atom is 0.212 e. The molecule has 0 aliphatic carbocycles. The molecule has 5 heteroatoms. The maximum absolute atomic E-state index is 6.12. The molecular formula is C12H10Cl2N2O. The molecule has 88 valence electrons. The molecule has 0 aliphatic rings. The number of anilines is 1. The Morgan fingerprint density at radius 2 is 1.82 bits per heavy atom. The molecule has 1 aromatic heterocycles. The second-order valence-corrected chi connectivity index (χ2v) is 4.26. The van der Waals surface area contributed by atoms with Gasteiger partial charge in [-0.15, -0.1) is 0 Å². The van der Waals surface area contributed by atoms with Crippen molar-refractivity contribution in [2.24, 2.45) is 0 Å². The third kappa shape index (κ3) is 2.46. The van der Waals surface area contributed by atoms with Crippen molar-refractivity contribution in [2.75, 3.05) is 12.8 Å². The summed E-state index contributed by atoms with van der Waals surface area (Å²) in [6.07, 6.45) is 1.65. The lowest BCUT2D eigenvalue weighted by atomic mass is 10.1. The summed E-state index contributed by atoms with van der Waals surface area (Å²) in [5.74, 6) is 0.538. The van der Waals surface area contributed by atoms with Crippen molar-refractivity contribution in [3.63, 3.8) is 0 Å². The molecule has 0 atom stereocenters. The van der Waals surface area contributed by atoms with E-state index in [1.165, 1.54) is 0 Å². The van der Waals surface area contributed by atoms with Crippen LogP contribution < -0.4 is 10.5 Å². The molecule has 17 heavy (non-hydrogen) atoms. The number of halogens is 2. The lowest BCUT2D eigenvalue weighted by Crippen LogP contribution is -1.90. The highest BCUT2D eigenvalue weighted by molar-refractivity contribution is 6.39. The average Bonchev–Trinajstić information content (AvgIpc) is 2.28. The first-order valence-corrected chi connectivity index (χ1v) is 5.62. The van der Waals surface area contributed by atoms with Gasteiger partial charge in [0.15, 0.2) is 0 Å². The Kier molecular flexibility index (Phi) is 3.41. The van der Waals surface area contributed by atoms with Gasteiger partial charge >= 0.3 is 0 Å². The molecule has 2 N–H and O–H groups in total. The fourth-order valence-electron chi connectivity index (χ4n) is 1.52. The first-order valence-electron chi connectivity index (χ1n) is 4.86. The Balaban J connectivity index is 2.52. The minimum absolute atomic E-state index is 0.502. The standard InChI is InChI=1S/C12H10Cl2N2O/c1-17-11-3-2-7(6-16-11)12-9(13)4-8(15)5-10(12)14/h2-6H,15H2,1H3. The lowest BCUT2D eigenvalue weighted by Gasteiger charge is -2.08. The van der Waals surface area contributed by atoms with E-state index in [1.54, 1.807) is 31.5 Å². The molecule has 0 radical (unpaired) electrons. The van der Waals surface area contributed by atoms with Gasteiger partial charge in [-0.3, -0.25) is 0 Å². The fourth-order valence-corrected chi connectivity index (χ4v) is 2.24. The molecule has 0 unspecified atom stereocenters. The molecule has 0 fully saturated rings. The highest BCUT2D eigenvalue weighted by atomic mass is 35.5. The molecule has 3 nitrogen and oxygen atoms in total. The van der Waals surface area contributed by atoms with E-state index in [1.807, 2.05) is 6.07 Å². The van der Waals surface area contributed by atoms with Gasteiger partial charge in [0.25, 0.3) is 0 Å². The fraction of sp³-hybridized carbons (Fsp3) is 0.0833. The number of benzene rings is 1. The molecule has 0 spiro atoms. The average molecular weight is 269 g/mol. The summed E-state index contributed by atoms with van der Waals surface area (Å²) in [7, 11) is 1.56. The highest BCUT2D eigenvalue weighted by Gasteiger charge is 2.10. The van der Waals surface area contributed by atoms with Crippen molar-refractivity contribution in [3.8, 4) is 17.0 Å². The van der Waals surface area contributed by atoms with E-state index >= 15 is 0 Å². The van der Waals surface area contributed by atoms with Crippen molar-refractivity contribution in [1.82, 2.24) is 4.98 Å². The Bertz CT molecular complexity index is 518. The third-order valence-electron chi connectivity index (χ3n) is 2.30. The minimum atomic E-state index is 0.502. The number of methoxy groups -OCH3 is 1. The second-order valence-electron chi connectivity index (χ2n) is 3.45. The zero-order valence-corrected chi connectivity index (χ0v) is 10.6. The molecule has 0 aliphatic heterocycles. The largest absolute Gasteiger partial charge is 0.481 e. The number of ether oxygens (including phenoxy) is 1. The quantitative estimate of drug-likeness (QED) is 0.846. The summed E-state index contributed by atoms with van der Waals surface area (Å²) in [4.78, 5) is 4.11. The van der Waals surface area contributed by atoms with Crippen LogP contribution in [0, 0.1) is 0 Å². The van der Waals surface area contributed by atoms with Crippen LogP contribution in [-0.4, -0.2) is 12.1 Å². The molecule has 0 bridgehead atoms. The van der Waals surface area contributed by atoms with Crippen LogP contribution in [0.5, 0.6) is 5.88 Å². The molecule has 2 aromatic rings. The summed E-state index contributed by atoms with van der Waals surface area (Å²) in [6, 6.07) is 6.91. The van der Waals surface area contributed by atoms with Crippen LogP contribution in [0.1, 0.15) is 0 Å². The van der Waals surface area contributed by atoms with Gasteiger partial charge in [-0.2, -0.15) is 0 Å². The number of nitrogens with two attached hydrogens (primary N) is 1. The molecule has 2 rings (SSSR count). The van der Waals surface area contributed by atoms with E-state index < -0.39 is 0 Å². The predicted molar refractivity (Wildman–Crippen MR) is 70.7 cm³/mol. The number of aromatic nitrogens is 1. The van der Waals surface area contributed by atoms with Gasteiger partial charge in [-0.1, -0.05) is 23.2 Å². The van der Waals surface area contributed by atoms with Gasteiger partial charge < -0.3 is 10.5 Å². The summed E-state index contributed by atoms with van der Waals surface area (Å²) < 4.78 is 4.99. The topological polar surface area (TPSA) is 48.1 Å². The monoisotopic (exact) mass is 268 g/mol. The molecule has 1 aromatic carbocycles. The van der Waals surface area contributed by atoms with E-state index in [0.717, 1.165) is 11.1 Å². The third-order valence-corrected chi connectivity index (χ3v) is 2.89. The van der Waals surface area contributed by atoms with Crippen molar-refractivity contribution >= 4 is 28.9 Å². The Morgan fingerprint density at radius 1 is 1.18 bits per heavy atom. The zero-order chi connectivity index (χ0) is 12.4. The van der Waals surface area contributed by atoms with Gasteiger partial charge in [0.1, 0.15) is 0 Å². The van der Waals surface area contributed by atoms with Crippen LogP contribution in [0.25, 0.3) is 11.1 Å². The van der Waals surface area contributed by atoms with Crippen molar-refractivity contribution in [2.45, 2.75) is 0 Å². The van der Waals surface area contributed by atoms with Crippen LogP contribution in [0.2, 0.25) is 10.0 Å². The number of nitrogen functional groups attached to an aromatic ring is 1. The number of hydrogen-bond donors (Lipinski definition) is 1.